The van der Waals surface area contributed by atoms with E-state index in [-0.39, 0.29) is 17.6 Å². The van der Waals surface area contributed by atoms with Crippen LogP contribution in [0.5, 0.6) is 5.75 Å². The van der Waals surface area contributed by atoms with Crippen molar-refractivity contribution in [1.29, 1.82) is 0 Å². The topological polar surface area (TPSA) is 46.2 Å². The van der Waals surface area contributed by atoms with Crippen LogP contribution in [0.15, 0.2) is 12.1 Å². The van der Waals surface area contributed by atoms with Crippen molar-refractivity contribution in [3.05, 3.63) is 29.1 Å². The first-order valence-electron chi connectivity index (χ1n) is 4.45. The van der Waals surface area contributed by atoms with Crippen LogP contribution in [0.4, 0.5) is 4.39 Å². The summed E-state index contributed by atoms with van der Waals surface area (Å²) in [5.41, 5.74) is 7.25. The van der Waals surface area contributed by atoms with Gasteiger partial charge in [0.25, 0.3) is 0 Å². The van der Waals surface area contributed by atoms with Crippen LogP contribution in [-0.4, -0.2) is 5.11 Å². The summed E-state index contributed by atoms with van der Waals surface area (Å²) in [6.07, 6.45) is 2.53. The van der Waals surface area contributed by atoms with Gasteiger partial charge in [-0.05, 0) is 36.5 Å². The Balaban J connectivity index is 2.56. The van der Waals surface area contributed by atoms with Crippen LogP contribution in [0, 0.1) is 5.82 Å². The van der Waals surface area contributed by atoms with Crippen molar-refractivity contribution in [2.24, 2.45) is 5.73 Å². The standard InChI is InChI=1S/C10H12FNO/c11-9-5-6(13)4-8-7(9)2-1-3-10(8)12/h4-5,10,13H,1-3,12H2/t10-/m0/s1. The molecule has 0 saturated carbocycles. The Morgan fingerprint density at radius 2 is 2.23 bits per heavy atom. The molecule has 0 amide bonds. The Hall–Kier alpha value is -1.09. The van der Waals surface area contributed by atoms with Crippen LogP contribution < -0.4 is 5.73 Å². The highest BCUT2D eigenvalue weighted by atomic mass is 19.1. The molecular formula is C10H12FNO. The molecule has 1 aliphatic carbocycles. The van der Waals surface area contributed by atoms with Crippen molar-refractivity contribution in [3.63, 3.8) is 0 Å². The Kier molecular flexibility index (Phi) is 1.96. The van der Waals surface area contributed by atoms with Crippen LogP contribution in [0.25, 0.3) is 0 Å². The van der Waals surface area contributed by atoms with Gasteiger partial charge in [0.1, 0.15) is 11.6 Å². The molecule has 0 heterocycles. The fourth-order valence-electron chi connectivity index (χ4n) is 1.89. The van der Waals surface area contributed by atoms with Gasteiger partial charge in [0.05, 0.1) is 0 Å². The predicted octanol–water partition coefficient (Wildman–Crippen LogP) is 1.87. The molecule has 2 rings (SSSR count). The predicted molar refractivity (Wildman–Crippen MR) is 47.9 cm³/mol. The minimum Gasteiger partial charge on any atom is -0.508 e. The van der Waals surface area contributed by atoms with Crippen LogP contribution in [0.3, 0.4) is 0 Å². The third-order valence-electron chi connectivity index (χ3n) is 2.56. The van der Waals surface area contributed by atoms with E-state index in [1.165, 1.54) is 0 Å². The van der Waals surface area contributed by atoms with Gasteiger partial charge in [-0.25, -0.2) is 4.39 Å². The summed E-state index contributed by atoms with van der Waals surface area (Å²) < 4.78 is 13.3. The number of fused-ring (bicyclic) bond motifs is 1. The van der Waals surface area contributed by atoms with Crippen molar-refractivity contribution < 1.29 is 9.50 Å². The smallest absolute Gasteiger partial charge is 0.130 e. The molecule has 0 fully saturated rings. The van der Waals surface area contributed by atoms with Gasteiger partial charge in [0.15, 0.2) is 0 Å². The van der Waals surface area contributed by atoms with E-state index < -0.39 is 0 Å². The van der Waals surface area contributed by atoms with Gasteiger partial charge in [-0.1, -0.05) is 0 Å². The highest BCUT2D eigenvalue weighted by Gasteiger charge is 2.20. The number of hydrogen-bond donors (Lipinski definition) is 2. The van der Waals surface area contributed by atoms with Gasteiger partial charge in [-0.3, -0.25) is 0 Å². The number of hydrogen-bond acceptors (Lipinski definition) is 2. The van der Waals surface area contributed by atoms with E-state index in [1.54, 1.807) is 6.07 Å². The van der Waals surface area contributed by atoms with Crippen molar-refractivity contribution >= 4 is 0 Å². The molecule has 0 aromatic heterocycles. The zero-order chi connectivity index (χ0) is 9.42. The lowest BCUT2D eigenvalue weighted by Gasteiger charge is -2.22. The highest BCUT2D eigenvalue weighted by Crippen LogP contribution is 2.32. The molecular weight excluding hydrogens is 169 g/mol. The van der Waals surface area contributed by atoms with Crippen LogP contribution in [0.2, 0.25) is 0 Å². The van der Waals surface area contributed by atoms with Gasteiger partial charge in [-0.15, -0.1) is 0 Å². The number of phenolic OH excluding ortho intramolecular Hbond substituents is 1. The van der Waals surface area contributed by atoms with Crippen molar-refractivity contribution in [3.8, 4) is 5.75 Å². The summed E-state index contributed by atoms with van der Waals surface area (Å²) in [5, 5.41) is 9.19. The van der Waals surface area contributed by atoms with Crippen LogP contribution in [0.1, 0.15) is 30.0 Å². The molecule has 0 aliphatic heterocycles. The van der Waals surface area contributed by atoms with Crippen molar-refractivity contribution in [2.45, 2.75) is 25.3 Å². The van der Waals surface area contributed by atoms with Crippen LogP contribution in [-0.2, 0) is 6.42 Å². The highest BCUT2D eigenvalue weighted by molar-refractivity contribution is 5.39. The summed E-state index contributed by atoms with van der Waals surface area (Å²) in [6, 6.07) is 2.60. The largest absolute Gasteiger partial charge is 0.508 e. The summed E-state index contributed by atoms with van der Waals surface area (Å²) in [7, 11) is 0. The molecule has 1 atom stereocenters. The zero-order valence-corrected chi connectivity index (χ0v) is 7.26. The second-order valence-electron chi connectivity index (χ2n) is 3.49. The number of benzene rings is 1. The Bertz CT molecular complexity index is 338. The third-order valence-corrected chi connectivity index (χ3v) is 2.56. The quantitative estimate of drug-likeness (QED) is 0.641. The van der Waals surface area contributed by atoms with E-state index in [4.69, 9.17) is 5.73 Å². The Labute approximate surface area is 76.2 Å². The van der Waals surface area contributed by atoms with E-state index in [9.17, 15) is 9.50 Å². The molecule has 0 spiro atoms. The average molecular weight is 181 g/mol. The maximum atomic E-state index is 13.3. The van der Waals surface area contributed by atoms with Crippen molar-refractivity contribution in [1.82, 2.24) is 0 Å². The van der Waals surface area contributed by atoms with Crippen molar-refractivity contribution in [2.75, 3.05) is 0 Å². The SMILES string of the molecule is N[C@H]1CCCc2c(F)cc(O)cc21. The summed E-state index contributed by atoms with van der Waals surface area (Å²) in [6.45, 7) is 0. The zero-order valence-electron chi connectivity index (χ0n) is 7.26. The lowest BCUT2D eigenvalue weighted by molar-refractivity contribution is 0.458. The Morgan fingerprint density at radius 3 is 3.00 bits per heavy atom. The molecule has 70 valence electrons. The number of aromatic hydroxyl groups is 1. The second-order valence-corrected chi connectivity index (χ2v) is 3.49. The normalized spacial score (nSPS) is 21.2. The van der Waals surface area contributed by atoms with Gasteiger partial charge in [0.2, 0.25) is 0 Å². The Morgan fingerprint density at radius 1 is 1.46 bits per heavy atom. The van der Waals surface area contributed by atoms with Gasteiger partial charge >= 0.3 is 0 Å². The average Bonchev–Trinajstić information content (AvgIpc) is 2.07. The minimum absolute atomic E-state index is 0.0337. The van der Waals surface area contributed by atoms with E-state index in [1.807, 2.05) is 0 Å². The monoisotopic (exact) mass is 181 g/mol. The first-order chi connectivity index (χ1) is 6.18. The van der Waals surface area contributed by atoms with Crippen LogP contribution >= 0.6 is 0 Å². The molecule has 1 aromatic rings. The number of nitrogens with two attached hydrogens (primary N) is 1. The lowest BCUT2D eigenvalue weighted by atomic mass is 9.88. The molecule has 13 heavy (non-hydrogen) atoms. The minimum atomic E-state index is -0.329. The molecule has 2 nitrogen and oxygen atoms in total. The first-order valence-corrected chi connectivity index (χ1v) is 4.45. The maximum absolute atomic E-state index is 13.3. The molecule has 1 aromatic carbocycles. The fourth-order valence-corrected chi connectivity index (χ4v) is 1.89. The molecule has 3 N–H and O–H groups in total. The number of phenols is 1. The van der Waals surface area contributed by atoms with Gasteiger partial charge in [0, 0.05) is 12.1 Å². The molecule has 1 aliphatic rings. The third kappa shape index (κ3) is 1.40. The van der Waals surface area contributed by atoms with E-state index in [0.717, 1.165) is 30.9 Å². The molecule has 0 radical (unpaired) electrons. The molecule has 0 unspecified atom stereocenters. The summed E-state index contributed by atoms with van der Waals surface area (Å²) in [5.74, 6) is -0.362. The van der Waals surface area contributed by atoms with E-state index in [0.29, 0.717) is 5.56 Å². The maximum Gasteiger partial charge on any atom is 0.130 e. The second kappa shape index (κ2) is 3.00. The van der Waals surface area contributed by atoms with Gasteiger partial charge < -0.3 is 10.8 Å². The molecule has 0 saturated heterocycles. The summed E-state index contributed by atoms with van der Waals surface area (Å²) >= 11 is 0. The fraction of sp³-hybridized carbons (Fsp3) is 0.400. The van der Waals surface area contributed by atoms with E-state index in [2.05, 4.69) is 0 Å². The molecule has 3 heteroatoms. The van der Waals surface area contributed by atoms with Gasteiger partial charge in [-0.2, -0.15) is 0 Å². The first kappa shape index (κ1) is 8.51. The summed E-state index contributed by atoms with van der Waals surface area (Å²) in [4.78, 5) is 0. The number of halogens is 1. The number of rotatable bonds is 0. The molecule has 0 bridgehead atoms. The van der Waals surface area contributed by atoms with E-state index >= 15 is 0 Å². The lowest BCUT2D eigenvalue weighted by Crippen LogP contribution is -2.18.